The van der Waals surface area contributed by atoms with E-state index in [4.69, 9.17) is 4.74 Å². The van der Waals surface area contributed by atoms with Gasteiger partial charge >= 0.3 is 0 Å². The molecule has 0 saturated carbocycles. The van der Waals surface area contributed by atoms with E-state index in [0.717, 1.165) is 31.8 Å². The highest BCUT2D eigenvalue weighted by Gasteiger charge is 2.09. The quantitative estimate of drug-likeness (QED) is 0.753. The van der Waals surface area contributed by atoms with Crippen molar-refractivity contribution < 1.29 is 4.74 Å². The number of fused-ring (bicyclic) bond motifs is 1. The second-order valence-electron chi connectivity index (χ2n) is 6.26. The first-order valence-corrected chi connectivity index (χ1v) is 8.10. The predicted octanol–water partition coefficient (Wildman–Crippen LogP) is 3.67. The molecule has 120 valence electrons. The van der Waals surface area contributed by atoms with Gasteiger partial charge in [-0.2, -0.15) is 0 Å². The zero-order valence-corrected chi connectivity index (χ0v) is 14.2. The van der Waals surface area contributed by atoms with Gasteiger partial charge in [0, 0.05) is 12.1 Å². The van der Waals surface area contributed by atoms with E-state index in [1.165, 1.54) is 16.3 Å². The number of benzene rings is 2. The van der Waals surface area contributed by atoms with Gasteiger partial charge in [-0.05, 0) is 64.3 Å². The van der Waals surface area contributed by atoms with Gasteiger partial charge in [0.1, 0.15) is 5.75 Å². The summed E-state index contributed by atoms with van der Waals surface area (Å²) in [5.41, 5.74) is 1.26. The molecule has 3 heteroatoms. The molecule has 0 aromatic heterocycles. The lowest BCUT2D eigenvalue weighted by Crippen LogP contribution is -2.21. The molecule has 0 radical (unpaired) electrons. The van der Waals surface area contributed by atoms with E-state index in [2.05, 4.69) is 74.6 Å². The first-order chi connectivity index (χ1) is 10.6. The van der Waals surface area contributed by atoms with Crippen LogP contribution in [0.25, 0.3) is 10.8 Å². The molecule has 0 unspecified atom stereocenters. The van der Waals surface area contributed by atoms with Crippen LogP contribution < -0.4 is 10.1 Å². The molecule has 2 aromatic carbocycles. The first-order valence-electron chi connectivity index (χ1n) is 8.10. The predicted molar refractivity (Wildman–Crippen MR) is 94.6 cm³/mol. The smallest absolute Gasteiger partial charge is 0.124 e. The standard InChI is InChI=1S/C19H28N2O/c1-15(2)22-19-11-10-16-8-5-6-9-17(16)18(19)14-20-12-7-13-21(3)4/h5-6,8-11,15,20H,7,12-14H2,1-4H3. The fourth-order valence-electron chi connectivity index (χ4n) is 2.60. The van der Waals surface area contributed by atoms with Crippen LogP contribution in [0.5, 0.6) is 5.75 Å². The summed E-state index contributed by atoms with van der Waals surface area (Å²) in [6, 6.07) is 12.8. The fraction of sp³-hybridized carbons (Fsp3) is 0.474. The Morgan fingerprint density at radius 1 is 1.09 bits per heavy atom. The van der Waals surface area contributed by atoms with Crippen molar-refractivity contribution in [3.63, 3.8) is 0 Å². The van der Waals surface area contributed by atoms with Gasteiger partial charge in [0.2, 0.25) is 0 Å². The number of rotatable bonds is 8. The maximum absolute atomic E-state index is 6.00. The minimum atomic E-state index is 0.189. The Bertz CT molecular complexity index is 593. The second kappa shape index (κ2) is 8.16. The Morgan fingerprint density at radius 3 is 2.59 bits per heavy atom. The monoisotopic (exact) mass is 300 g/mol. The average Bonchev–Trinajstić information content (AvgIpc) is 2.47. The second-order valence-corrected chi connectivity index (χ2v) is 6.26. The van der Waals surface area contributed by atoms with Crippen LogP contribution in [0.2, 0.25) is 0 Å². The van der Waals surface area contributed by atoms with Crippen molar-refractivity contribution in [3.8, 4) is 5.75 Å². The van der Waals surface area contributed by atoms with Crippen molar-refractivity contribution in [2.45, 2.75) is 32.9 Å². The van der Waals surface area contributed by atoms with Gasteiger partial charge in [0.25, 0.3) is 0 Å². The molecule has 0 saturated heterocycles. The number of hydrogen-bond donors (Lipinski definition) is 1. The van der Waals surface area contributed by atoms with E-state index in [1.54, 1.807) is 0 Å². The van der Waals surface area contributed by atoms with Crippen molar-refractivity contribution >= 4 is 10.8 Å². The SMILES string of the molecule is CC(C)Oc1ccc2ccccc2c1CNCCCN(C)C. The maximum atomic E-state index is 6.00. The molecule has 0 aliphatic carbocycles. The highest BCUT2D eigenvalue weighted by Crippen LogP contribution is 2.28. The molecule has 0 fully saturated rings. The minimum Gasteiger partial charge on any atom is -0.491 e. The van der Waals surface area contributed by atoms with Crippen LogP contribution in [0.15, 0.2) is 36.4 Å². The molecule has 3 nitrogen and oxygen atoms in total. The summed E-state index contributed by atoms with van der Waals surface area (Å²) >= 11 is 0. The van der Waals surface area contributed by atoms with E-state index in [1.807, 2.05) is 0 Å². The Labute approximate surface area is 134 Å². The number of nitrogens with zero attached hydrogens (tertiary/aromatic N) is 1. The van der Waals surface area contributed by atoms with Gasteiger partial charge in [-0.15, -0.1) is 0 Å². The molecule has 0 aliphatic heterocycles. The number of ether oxygens (including phenoxy) is 1. The average molecular weight is 300 g/mol. The third kappa shape index (κ3) is 4.72. The molecule has 2 aromatic rings. The summed E-state index contributed by atoms with van der Waals surface area (Å²) in [4.78, 5) is 2.22. The van der Waals surface area contributed by atoms with Gasteiger partial charge in [-0.25, -0.2) is 0 Å². The van der Waals surface area contributed by atoms with Crippen LogP contribution in [-0.4, -0.2) is 38.2 Å². The molecule has 22 heavy (non-hydrogen) atoms. The third-order valence-electron chi connectivity index (χ3n) is 3.62. The Kier molecular flexibility index (Phi) is 6.22. The van der Waals surface area contributed by atoms with Gasteiger partial charge in [0.15, 0.2) is 0 Å². The molecule has 0 spiro atoms. The van der Waals surface area contributed by atoms with E-state index < -0.39 is 0 Å². The van der Waals surface area contributed by atoms with Crippen LogP contribution in [0, 0.1) is 0 Å². The van der Waals surface area contributed by atoms with Gasteiger partial charge in [0.05, 0.1) is 6.10 Å². The van der Waals surface area contributed by atoms with Crippen molar-refractivity contribution in [1.29, 1.82) is 0 Å². The van der Waals surface area contributed by atoms with E-state index in [0.29, 0.717) is 0 Å². The van der Waals surface area contributed by atoms with Crippen molar-refractivity contribution in [3.05, 3.63) is 42.0 Å². The molecule has 2 rings (SSSR count). The Hall–Kier alpha value is -1.58. The maximum Gasteiger partial charge on any atom is 0.124 e. The Balaban J connectivity index is 2.13. The molecule has 0 atom stereocenters. The normalized spacial score (nSPS) is 11.5. The van der Waals surface area contributed by atoms with Crippen LogP contribution in [0.1, 0.15) is 25.8 Å². The van der Waals surface area contributed by atoms with Crippen molar-refractivity contribution in [1.82, 2.24) is 10.2 Å². The summed E-state index contributed by atoms with van der Waals surface area (Å²) in [6.07, 6.45) is 1.34. The number of nitrogens with one attached hydrogen (secondary N) is 1. The molecule has 0 heterocycles. The van der Waals surface area contributed by atoms with Gasteiger partial charge in [-0.3, -0.25) is 0 Å². The molecular weight excluding hydrogens is 272 g/mol. The van der Waals surface area contributed by atoms with Crippen LogP contribution >= 0.6 is 0 Å². The number of hydrogen-bond acceptors (Lipinski definition) is 3. The molecule has 0 amide bonds. The van der Waals surface area contributed by atoms with Crippen LogP contribution in [-0.2, 0) is 6.54 Å². The van der Waals surface area contributed by atoms with Crippen molar-refractivity contribution in [2.24, 2.45) is 0 Å². The third-order valence-corrected chi connectivity index (χ3v) is 3.62. The van der Waals surface area contributed by atoms with Crippen molar-refractivity contribution in [2.75, 3.05) is 27.2 Å². The lowest BCUT2D eigenvalue weighted by molar-refractivity contribution is 0.240. The largest absolute Gasteiger partial charge is 0.491 e. The highest BCUT2D eigenvalue weighted by molar-refractivity contribution is 5.87. The lowest BCUT2D eigenvalue weighted by Gasteiger charge is -2.17. The zero-order valence-electron chi connectivity index (χ0n) is 14.2. The molecular formula is C19H28N2O. The fourth-order valence-corrected chi connectivity index (χ4v) is 2.60. The van der Waals surface area contributed by atoms with E-state index in [-0.39, 0.29) is 6.10 Å². The topological polar surface area (TPSA) is 24.5 Å². The minimum absolute atomic E-state index is 0.189. The summed E-state index contributed by atoms with van der Waals surface area (Å²) in [5.74, 6) is 0.994. The van der Waals surface area contributed by atoms with Gasteiger partial charge in [-0.1, -0.05) is 30.3 Å². The summed E-state index contributed by atoms with van der Waals surface area (Å²) < 4.78 is 6.00. The highest BCUT2D eigenvalue weighted by atomic mass is 16.5. The molecule has 0 aliphatic rings. The Morgan fingerprint density at radius 2 is 1.86 bits per heavy atom. The molecule has 1 N–H and O–H groups in total. The zero-order chi connectivity index (χ0) is 15.9. The van der Waals surface area contributed by atoms with Gasteiger partial charge < -0.3 is 15.0 Å². The summed E-state index contributed by atoms with van der Waals surface area (Å²) in [5, 5.41) is 6.10. The summed E-state index contributed by atoms with van der Waals surface area (Å²) in [7, 11) is 4.22. The lowest BCUT2D eigenvalue weighted by atomic mass is 10.0. The summed E-state index contributed by atoms with van der Waals surface area (Å²) in [6.45, 7) is 7.12. The van der Waals surface area contributed by atoms with E-state index in [9.17, 15) is 0 Å². The van der Waals surface area contributed by atoms with Crippen LogP contribution in [0.4, 0.5) is 0 Å². The molecule has 0 bridgehead atoms. The van der Waals surface area contributed by atoms with E-state index >= 15 is 0 Å². The first kappa shape index (κ1) is 16.8. The van der Waals surface area contributed by atoms with Crippen LogP contribution in [0.3, 0.4) is 0 Å².